The summed E-state index contributed by atoms with van der Waals surface area (Å²) in [6.45, 7) is 9.11. The van der Waals surface area contributed by atoms with Gasteiger partial charge in [0, 0.05) is 24.8 Å². The van der Waals surface area contributed by atoms with Crippen LogP contribution >= 0.6 is 0 Å². The van der Waals surface area contributed by atoms with Gasteiger partial charge in [-0.1, -0.05) is 31.5 Å². The molecule has 0 amide bonds. The van der Waals surface area contributed by atoms with Crippen LogP contribution in [0.5, 0.6) is 5.75 Å². The molecule has 0 aliphatic carbocycles. The zero-order valence-electron chi connectivity index (χ0n) is 12.0. The number of hydrogen-bond donors (Lipinski definition) is 2. The summed E-state index contributed by atoms with van der Waals surface area (Å²) in [4.78, 5) is 0. The van der Waals surface area contributed by atoms with Crippen LogP contribution in [0.2, 0.25) is 0 Å². The predicted octanol–water partition coefficient (Wildman–Crippen LogP) is 3.02. The molecule has 0 heterocycles. The third-order valence-electron chi connectivity index (χ3n) is 3.26. The maximum atomic E-state index is 9.92. The van der Waals surface area contributed by atoms with E-state index < -0.39 is 0 Å². The van der Waals surface area contributed by atoms with E-state index in [2.05, 4.69) is 26.1 Å². The SMILES string of the molecule is COCC(NC(C)c1cc(C)ccc1O)C(C)C. The molecule has 2 unspecified atom stereocenters. The molecule has 2 atom stereocenters. The number of hydrogen-bond acceptors (Lipinski definition) is 3. The van der Waals surface area contributed by atoms with Crippen LogP contribution in [-0.4, -0.2) is 24.9 Å². The molecule has 18 heavy (non-hydrogen) atoms. The molecule has 3 nitrogen and oxygen atoms in total. The maximum absolute atomic E-state index is 9.92. The molecular weight excluding hydrogens is 226 g/mol. The first-order chi connectivity index (χ1) is 8.45. The van der Waals surface area contributed by atoms with Crippen molar-refractivity contribution in [1.82, 2.24) is 5.32 Å². The van der Waals surface area contributed by atoms with Crippen molar-refractivity contribution in [3.8, 4) is 5.75 Å². The smallest absolute Gasteiger partial charge is 0.120 e. The molecule has 0 bridgehead atoms. The normalized spacial score (nSPS) is 14.8. The van der Waals surface area contributed by atoms with Gasteiger partial charge in [-0.2, -0.15) is 0 Å². The standard InChI is InChI=1S/C15H25NO2/c1-10(2)14(9-18-5)16-12(4)13-8-11(3)6-7-15(13)17/h6-8,10,12,14,16-17H,9H2,1-5H3. The van der Waals surface area contributed by atoms with Crippen molar-refractivity contribution < 1.29 is 9.84 Å². The van der Waals surface area contributed by atoms with Crippen molar-refractivity contribution in [3.63, 3.8) is 0 Å². The minimum absolute atomic E-state index is 0.104. The maximum Gasteiger partial charge on any atom is 0.120 e. The number of rotatable bonds is 6. The number of methoxy groups -OCH3 is 1. The van der Waals surface area contributed by atoms with Gasteiger partial charge < -0.3 is 15.2 Å². The van der Waals surface area contributed by atoms with Crippen LogP contribution in [0, 0.1) is 12.8 Å². The second-order valence-electron chi connectivity index (χ2n) is 5.26. The molecule has 0 aromatic heterocycles. The summed E-state index contributed by atoms with van der Waals surface area (Å²) in [6, 6.07) is 6.08. The summed E-state index contributed by atoms with van der Waals surface area (Å²) < 4.78 is 5.23. The Morgan fingerprint density at radius 3 is 2.50 bits per heavy atom. The Kier molecular flexibility index (Phi) is 5.63. The molecule has 0 radical (unpaired) electrons. The van der Waals surface area contributed by atoms with Gasteiger partial charge in [0.25, 0.3) is 0 Å². The molecule has 0 fully saturated rings. The van der Waals surface area contributed by atoms with Gasteiger partial charge in [0.1, 0.15) is 5.75 Å². The van der Waals surface area contributed by atoms with Crippen molar-refractivity contribution in [2.24, 2.45) is 5.92 Å². The monoisotopic (exact) mass is 251 g/mol. The summed E-state index contributed by atoms with van der Waals surface area (Å²) in [5.74, 6) is 0.833. The van der Waals surface area contributed by atoms with Gasteiger partial charge in [0.05, 0.1) is 6.61 Å². The van der Waals surface area contributed by atoms with Crippen LogP contribution in [0.15, 0.2) is 18.2 Å². The van der Waals surface area contributed by atoms with Crippen molar-refractivity contribution in [2.75, 3.05) is 13.7 Å². The van der Waals surface area contributed by atoms with E-state index >= 15 is 0 Å². The Morgan fingerprint density at radius 1 is 1.28 bits per heavy atom. The van der Waals surface area contributed by atoms with E-state index in [1.54, 1.807) is 13.2 Å². The number of phenolic OH excluding ortho intramolecular Hbond substituents is 1. The van der Waals surface area contributed by atoms with Gasteiger partial charge in [-0.3, -0.25) is 0 Å². The summed E-state index contributed by atoms with van der Waals surface area (Å²) in [5, 5.41) is 13.4. The number of aromatic hydroxyl groups is 1. The fourth-order valence-corrected chi connectivity index (χ4v) is 2.04. The highest BCUT2D eigenvalue weighted by atomic mass is 16.5. The lowest BCUT2D eigenvalue weighted by Crippen LogP contribution is -2.39. The van der Waals surface area contributed by atoms with Crippen LogP contribution in [0.3, 0.4) is 0 Å². The average Bonchev–Trinajstić information content (AvgIpc) is 2.31. The molecule has 102 valence electrons. The molecule has 3 heteroatoms. The van der Waals surface area contributed by atoms with Crippen molar-refractivity contribution >= 4 is 0 Å². The third-order valence-corrected chi connectivity index (χ3v) is 3.26. The van der Waals surface area contributed by atoms with Crippen LogP contribution in [-0.2, 0) is 4.74 Å². The van der Waals surface area contributed by atoms with E-state index in [1.165, 1.54) is 0 Å². The highest BCUT2D eigenvalue weighted by molar-refractivity contribution is 5.37. The van der Waals surface area contributed by atoms with E-state index in [9.17, 15) is 5.11 Å². The number of aryl methyl sites for hydroxylation is 1. The zero-order valence-corrected chi connectivity index (χ0v) is 12.0. The van der Waals surface area contributed by atoms with Gasteiger partial charge >= 0.3 is 0 Å². The average molecular weight is 251 g/mol. The number of phenols is 1. The van der Waals surface area contributed by atoms with Crippen LogP contribution in [0.25, 0.3) is 0 Å². The zero-order chi connectivity index (χ0) is 13.7. The lowest BCUT2D eigenvalue weighted by atomic mass is 10.00. The van der Waals surface area contributed by atoms with Crippen molar-refractivity contribution in [3.05, 3.63) is 29.3 Å². The quantitative estimate of drug-likeness (QED) is 0.816. The first kappa shape index (κ1) is 15.0. The van der Waals surface area contributed by atoms with Crippen molar-refractivity contribution in [1.29, 1.82) is 0 Å². The molecular formula is C15H25NO2. The Hall–Kier alpha value is -1.06. The van der Waals surface area contributed by atoms with Crippen LogP contribution < -0.4 is 5.32 Å². The fraction of sp³-hybridized carbons (Fsp3) is 0.600. The Morgan fingerprint density at radius 2 is 1.94 bits per heavy atom. The Labute approximate surface area is 110 Å². The Bertz CT molecular complexity index is 377. The third kappa shape index (κ3) is 4.00. The Balaban J connectivity index is 2.79. The van der Waals surface area contributed by atoms with Crippen molar-refractivity contribution in [2.45, 2.75) is 39.8 Å². The molecule has 1 rings (SSSR count). The van der Waals surface area contributed by atoms with E-state index in [-0.39, 0.29) is 12.1 Å². The summed E-state index contributed by atoms with van der Waals surface area (Å²) in [6.07, 6.45) is 0. The van der Waals surface area contributed by atoms with E-state index in [1.807, 2.05) is 19.1 Å². The largest absolute Gasteiger partial charge is 0.508 e. The molecule has 0 spiro atoms. The van der Waals surface area contributed by atoms with E-state index in [0.717, 1.165) is 11.1 Å². The van der Waals surface area contributed by atoms with E-state index in [4.69, 9.17) is 4.74 Å². The summed E-state index contributed by atoms with van der Waals surface area (Å²) in [7, 11) is 1.71. The fourth-order valence-electron chi connectivity index (χ4n) is 2.04. The van der Waals surface area contributed by atoms with Crippen LogP contribution in [0.1, 0.15) is 37.9 Å². The molecule has 0 aliphatic heterocycles. The predicted molar refractivity (Wildman–Crippen MR) is 74.9 cm³/mol. The van der Waals surface area contributed by atoms with Crippen LogP contribution in [0.4, 0.5) is 0 Å². The molecule has 0 aliphatic rings. The van der Waals surface area contributed by atoms with Gasteiger partial charge in [-0.25, -0.2) is 0 Å². The number of ether oxygens (including phenoxy) is 1. The molecule has 1 aromatic carbocycles. The summed E-state index contributed by atoms with van der Waals surface area (Å²) >= 11 is 0. The second kappa shape index (κ2) is 6.76. The second-order valence-corrected chi connectivity index (χ2v) is 5.26. The molecule has 1 aromatic rings. The van der Waals surface area contributed by atoms with Gasteiger partial charge in [-0.05, 0) is 25.8 Å². The first-order valence-electron chi connectivity index (χ1n) is 6.50. The molecule has 0 saturated heterocycles. The van der Waals surface area contributed by atoms with E-state index in [0.29, 0.717) is 18.3 Å². The number of benzene rings is 1. The van der Waals surface area contributed by atoms with Gasteiger partial charge in [-0.15, -0.1) is 0 Å². The lowest BCUT2D eigenvalue weighted by molar-refractivity contribution is 0.141. The highest BCUT2D eigenvalue weighted by Crippen LogP contribution is 2.25. The highest BCUT2D eigenvalue weighted by Gasteiger charge is 2.18. The minimum atomic E-state index is 0.104. The first-order valence-corrected chi connectivity index (χ1v) is 6.50. The topological polar surface area (TPSA) is 41.5 Å². The van der Waals surface area contributed by atoms with Gasteiger partial charge in [0.15, 0.2) is 0 Å². The summed E-state index contributed by atoms with van der Waals surface area (Å²) in [5.41, 5.74) is 2.10. The molecule has 2 N–H and O–H groups in total. The lowest BCUT2D eigenvalue weighted by Gasteiger charge is -2.26. The number of nitrogens with one attached hydrogen (secondary N) is 1. The minimum Gasteiger partial charge on any atom is -0.508 e. The van der Waals surface area contributed by atoms with Gasteiger partial charge in [0.2, 0.25) is 0 Å². The molecule has 0 saturated carbocycles.